The Labute approximate surface area is 91.7 Å². The topological polar surface area (TPSA) is 3.24 Å². The van der Waals surface area contributed by atoms with Crippen LogP contribution in [-0.4, -0.2) is 7.05 Å². The Balaban J connectivity index is 2.17. The monoisotopic (exact) mass is 199 g/mol. The van der Waals surface area contributed by atoms with Gasteiger partial charge in [0, 0.05) is 18.4 Å². The molecule has 1 aliphatic carbocycles. The van der Waals surface area contributed by atoms with E-state index in [1.54, 1.807) is 0 Å². The van der Waals surface area contributed by atoms with E-state index in [1.807, 2.05) is 0 Å². The number of allylic oxidation sites excluding steroid dienone is 4. The average Bonchev–Trinajstić information content (AvgIpc) is 2.58. The van der Waals surface area contributed by atoms with E-state index >= 15 is 0 Å². The third kappa shape index (κ3) is 2.50. The van der Waals surface area contributed by atoms with Crippen molar-refractivity contribution in [3.8, 4) is 0 Å². The van der Waals surface area contributed by atoms with Crippen LogP contribution in [0.1, 0.15) is 19.3 Å². The first-order valence-electron chi connectivity index (χ1n) is 5.52. The minimum atomic E-state index is 1.17. The Morgan fingerprint density at radius 2 is 1.93 bits per heavy atom. The highest BCUT2D eigenvalue weighted by Gasteiger charge is 2.06. The van der Waals surface area contributed by atoms with Gasteiger partial charge < -0.3 is 4.90 Å². The molecule has 0 saturated carbocycles. The Morgan fingerprint density at radius 1 is 1.13 bits per heavy atom. The first-order valence-corrected chi connectivity index (χ1v) is 5.52. The Hall–Kier alpha value is -1.50. The van der Waals surface area contributed by atoms with Crippen LogP contribution in [0.3, 0.4) is 0 Å². The Kier molecular flexibility index (Phi) is 3.23. The number of benzene rings is 1. The number of hydrogen-bond donors (Lipinski definition) is 0. The summed E-state index contributed by atoms with van der Waals surface area (Å²) >= 11 is 0. The zero-order valence-electron chi connectivity index (χ0n) is 9.19. The van der Waals surface area contributed by atoms with Gasteiger partial charge in [0.05, 0.1) is 0 Å². The van der Waals surface area contributed by atoms with Crippen LogP contribution >= 0.6 is 0 Å². The molecule has 0 aliphatic heterocycles. The molecule has 78 valence electrons. The van der Waals surface area contributed by atoms with Crippen molar-refractivity contribution in [3.63, 3.8) is 0 Å². The van der Waals surface area contributed by atoms with Gasteiger partial charge in [0.15, 0.2) is 0 Å². The van der Waals surface area contributed by atoms with Gasteiger partial charge in [-0.1, -0.05) is 30.4 Å². The van der Waals surface area contributed by atoms with Crippen molar-refractivity contribution in [2.75, 3.05) is 11.9 Å². The molecule has 1 heteroatoms. The van der Waals surface area contributed by atoms with Gasteiger partial charge in [0.2, 0.25) is 0 Å². The second-order valence-electron chi connectivity index (χ2n) is 3.87. The normalized spacial score (nSPS) is 15.7. The van der Waals surface area contributed by atoms with Gasteiger partial charge in [-0.05, 0) is 37.5 Å². The average molecular weight is 199 g/mol. The number of para-hydroxylation sites is 1. The summed E-state index contributed by atoms with van der Waals surface area (Å²) in [5.41, 5.74) is 2.66. The fourth-order valence-corrected chi connectivity index (χ4v) is 1.86. The van der Waals surface area contributed by atoms with Crippen molar-refractivity contribution in [2.45, 2.75) is 19.3 Å². The van der Waals surface area contributed by atoms with E-state index in [1.165, 1.54) is 30.6 Å². The van der Waals surface area contributed by atoms with Crippen LogP contribution in [-0.2, 0) is 0 Å². The number of rotatable bonds is 2. The van der Waals surface area contributed by atoms with Crippen LogP contribution in [0.5, 0.6) is 0 Å². The second kappa shape index (κ2) is 4.83. The van der Waals surface area contributed by atoms with E-state index < -0.39 is 0 Å². The van der Waals surface area contributed by atoms with E-state index in [0.29, 0.717) is 0 Å². The molecule has 2 rings (SSSR count). The molecule has 0 saturated heterocycles. The minimum absolute atomic E-state index is 1.17. The summed E-state index contributed by atoms with van der Waals surface area (Å²) in [6, 6.07) is 10.5. The Morgan fingerprint density at radius 3 is 2.73 bits per heavy atom. The maximum atomic E-state index is 2.27. The lowest BCUT2D eigenvalue weighted by atomic mass is 10.2. The predicted molar refractivity (Wildman–Crippen MR) is 65.9 cm³/mol. The summed E-state index contributed by atoms with van der Waals surface area (Å²) in [5, 5.41) is 0. The summed E-state index contributed by atoms with van der Waals surface area (Å²) in [7, 11) is 2.14. The van der Waals surface area contributed by atoms with Crippen molar-refractivity contribution < 1.29 is 0 Å². The standard InChI is InChI=1S/C14H17N/c1-15(14-11-7-4-8-12-14)13-9-5-2-3-6-10-13/h2,4-5,7-9,11-12H,3,6,10H2,1H3. The Bertz CT molecular complexity index is 362. The summed E-state index contributed by atoms with van der Waals surface area (Å²) in [4.78, 5) is 2.27. The molecule has 1 aromatic carbocycles. The number of hydrogen-bond acceptors (Lipinski definition) is 1. The van der Waals surface area contributed by atoms with Crippen molar-refractivity contribution in [1.82, 2.24) is 0 Å². The van der Waals surface area contributed by atoms with Crippen molar-refractivity contribution in [2.24, 2.45) is 0 Å². The van der Waals surface area contributed by atoms with Crippen LogP contribution in [0.4, 0.5) is 5.69 Å². The predicted octanol–water partition coefficient (Wildman–Crippen LogP) is 3.75. The van der Waals surface area contributed by atoms with Crippen LogP contribution < -0.4 is 4.90 Å². The first-order chi connectivity index (χ1) is 7.38. The molecule has 0 aromatic heterocycles. The van der Waals surface area contributed by atoms with Crippen molar-refractivity contribution in [1.29, 1.82) is 0 Å². The smallest absolute Gasteiger partial charge is 0.0405 e. The van der Waals surface area contributed by atoms with E-state index in [2.05, 4.69) is 60.5 Å². The van der Waals surface area contributed by atoms with Gasteiger partial charge in [-0.2, -0.15) is 0 Å². The largest absolute Gasteiger partial charge is 0.348 e. The highest BCUT2D eigenvalue weighted by atomic mass is 15.1. The molecule has 15 heavy (non-hydrogen) atoms. The van der Waals surface area contributed by atoms with Gasteiger partial charge in [-0.25, -0.2) is 0 Å². The third-order valence-electron chi connectivity index (χ3n) is 2.80. The van der Waals surface area contributed by atoms with E-state index in [4.69, 9.17) is 0 Å². The highest BCUT2D eigenvalue weighted by Crippen LogP contribution is 2.21. The molecule has 0 spiro atoms. The van der Waals surface area contributed by atoms with Crippen LogP contribution in [0.25, 0.3) is 0 Å². The lowest BCUT2D eigenvalue weighted by molar-refractivity contribution is 0.813. The molecule has 0 bridgehead atoms. The second-order valence-corrected chi connectivity index (χ2v) is 3.87. The van der Waals surface area contributed by atoms with Gasteiger partial charge >= 0.3 is 0 Å². The molecule has 1 aromatic rings. The van der Waals surface area contributed by atoms with E-state index in [0.717, 1.165) is 0 Å². The van der Waals surface area contributed by atoms with Crippen LogP contribution in [0, 0.1) is 0 Å². The summed E-state index contributed by atoms with van der Waals surface area (Å²) in [6.07, 6.45) is 10.2. The third-order valence-corrected chi connectivity index (χ3v) is 2.80. The van der Waals surface area contributed by atoms with Gasteiger partial charge in [0.25, 0.3) is 0 Å². The summed E-state index contributed by atoms with van der Waals surface area (Å²) < 4.78 is 0. The molecule has 1 nitrogen and oxygen atoms in total. The molecule has 0 radical (unpaired) electrons. The fourth-order valence-electron chi connectivity index (χ4n) is 1.86. The zero-order chi connectivity index (χ0) is 10.5. The van der Waals surface area contributed by atoms with Crippen LogP contribution in [0.2, 0.25) is 0 Å². The SMILES string of the molecule is CN(C1=CC=CCCC1)c1ccccc1. The molecule has 0 fully saturated rings. The van der Waals surface area contributed by atoms with Gasteiger partial charge in [0.1, 0.15) is 0 Å². The van der Waals surface area contributed by atoms with Crippen LogP contribution in [0.15, 0.2) is 54.3 Å². The molecule has 1 aliphatic rings. The first kappa shape index (κ1) is 10.0. The molecule has 0 amide bonds. The fraction of sp³-hybridized carbons (Fsp3) is 0.286. The molecule has 0 N–H and O–H groups in total. The molecule has 0 heterocycles. The maximum absolute atomic E-state index is 2.27. The zero-order valence-corrected chi connectivity index (χ0v) is 9.19. The quantitative estimate of drug-likeness (QED) is 0.701. The minimum Gasteiger partial charge on any atom is -0.348 e. The van der Waals surface area contributed by atoms with E-state index in [-0.39, 0.29) is 0 Å². The molecular weight excluding hydrogens is 182 g/mol. The van der Waals surface area contributed by atoms with Gasteiger partial charge in [-0.15, -0.1) is 0 Å². The van der Waals surface area contributed by atoms with Crippen molar-refractivity contribution in [3.05, 3.63) is 54.3 Å². The summed E-state index contributed by atoms with van der Waals surface area (Å²) in [5.74, 6) is 0. The number of anilines is 1. The molecule has 0 atom stereocenters. The van der Waals surface area contributed by atoms with E-state index in [9.17, 15) is 0 Å². The lowest BCUT2D eigenvalue weighted by Crippen LogP contribution is -2.15. The van der Waals surface area contributed by atoms with Gasteiger partial charge in [-0.3, -0.25) is 0 Å². The maximum Gasteiger partial charge on any atom is 0.0405 e. The molecule has 0 unspecified atom stereocenters. The van der Waals surface area contributed by atoms with Crippen molar-refractivity contribution >= 4 is 5.69 Å². The number of nitrogens with zero attached hydrogens (tertiary/aromatic N) is 1. The molecular formula is C14H17N. The highest BCUT2D eigenvalue weighted by molar-refractivity contribution is 5.51. The summed E-state index contributed by atoms with van der Waals surface area (Å²) in [6.45, 7) is 0. The lowest BCUT2D eigenvalue weighted by Gasteiger charge is -2.22.